The Morgan fingerprint density at radius 3 is 2.52 bits per heavy atom. The first-order valence-corrected chi connectivity index (χ1v) is 8.56. The first-order chi connectivity index (χ1) is 10.2. The minimum absolute atomic E-state index is 0.677. The van der Waals surface area contributed by atoms with Gasteiger partial charge in [-0.1, -0.05) is 32.0 Å². The molecule has 3 atom stereocenters. The Hall–Kier alpha value is -1.02. The fourth-order valence-electron chi connectivity index (χ4n) is 4.23. The Kier molecular flexibility index (Phi) is 4.54. The first kappa shape index (κ1) is 14.9. The molecule has 0 aliphatic heterocycles. The van der Waals surface area contributed by atoms with Gasteiger partial charge in [-0.3, -0.25) is 0 Å². The summed E-state index contributed by atoms with van der Waals surface area (Å²) in [5.41, 5.74) is 1.39. The highest BCUT2D eigenvalue weighted by Crippen LogP contribution is 2.42. The minimum atomic E-state index is 0.677. The maximum atomic E-state index is 5.50. The molecule has 2 aliphatic rings. The molecule has 2 nitrogen and oxygen atoms in total. The molecule has 2 heteroatoms. The maximum Gasteiger partial charge on any atom is 0.122 e. The van der Waals surface area contributed by atoms with Gasteiger partial charge in [0, 0.05) is 12.1 Å². The van der Waals surface area contributed by atoms with Crippen LogP contribution in [0, 0.1) is 11.8 Å². The van der Waals surface area contributed by atoms with E-state index in [1.54, 1.807) is 7.11 Å². The molecule has 0 radical (unpaired) electrons. The largest absolute Gasteiger partial charge is 0.496 e. The van der Waals surface area contributed by atoms with Gasteiger partial charge in [0.25, 0.3) is 0 Å². The molecule has 0 bridgehead atoms. The normalized spacial score (nSPS) is 36.0. The van der Waals surface area contributed by atoms with Crippen LogP contribution in [0.3, 0.4) is 0 Å². The van der Waals surface area contributed by atoms with Crippen molar-refractivity contribution in [2.24, 2.45) is 11.8 Å². The van der Waals surface area contributed by atoms with Crippen LogP contribution >= 0.6 is 0 Å². The molecule has 0 heterocycles. The molecule has 1 aromatic carbocycles. The number of ether oxygens (including phenoxy) is 1. The second-order valence-corrected chi connectivity index (χ2v) is 7.28. The minimum Gasteiger partial charge on any atom is -0.496 e. The van der Waals surface area contributed by atoms with Crippen LogP contribution in [0.2, 0.25) is 0 Å². The Balaban J connectivity index is 1.52. The van der Waals surface area contributed by atoms with Gasteiger partial charge < -0.3 is 10.1 Å². The van der Waals surface area contributed by atoms with E-state index in [-0.39, 0.29) is 0 Å². The lowest BCUT2D eigenvalue weighted by molar-refractivity contribution is 0.175. The Bertz CT molecular complexity index is 466. The van der Waals surface area contributed by atoms with E-state index in [9.17, 15) is 0 Å². The van der Waals surface area contributed by atoms with Gasteiger partial charge in [0.1, 0.15) is 5.75 Å². The second-order valence-electron chi connectivity index (χ2n) is 7.28. The monoisotopic (exact) mass is 287 g/mol. The molecule has 0 aromatic heterocycles. The maximum absolute atomic E-state index is 5.50. The molecule has 116 valence electrons. The zero-order chi connectivity index (χ0) is 14.8. The molecule has 1 aromatic rings. The van der Waals surface area contributed by atoms with Gasteiger partial charge in [-0.2, -0.15) is 0 Å². The molecule has 21 heavy (non-hydrogen) atoms. The number of hydrogen-bond acceptors (Lipinski definition) is 2. The van der Waals surface area contributed by atoms with Crippen LogP contribution in [-0.2, 0) is 0 Å². The number of methoxy groups -OCH3 is 1. The van der Waals surface area contributed by atoms with E-state index in [4.69, 9.17) is 4.74 Å². The summed E-state index contributed by atoms with van der Waals surface area (Å²) in [6.07, 6.45) is 6.67. The highest BCUT2D eigenvalue weighted by atomic mass is 16.5. The Labute approximate surface area is 129 Å². The fraction of sp³-hybridized carbons (Fsp3) is 0.684. The standard InChI is InChI=1S/C19H29NO/c1-13-8-9-18(14(2)10-13)20-16-11-15(12-16)17-6-4-5-7-19(17)21-3/h4-7,13-16,18,20H,8-12H2,1-3H3. The first-order valence-electron chi connectivity index (χ1n) is 8.56. The van der Waals surface area contributed by atoms with E-state index in [0.717, 1.165) is 23.6 Å². The van der Waals surface area contributed by atoms with Crippen LogP contribution in [0.25, 0.3) is 0 Å². The highest BCUT2D eigenvalue weighted by molar-refractivity contribution is 5.37. The zero-order valence-electron chi connectivity index (χ0n) is 13.6. The van der Waals surface area contributed by atoms with Crippen LogP contribution in [0.5, 0.6) is 5.75 Å². The number of hydrogen-bond donors (Lipinski definition) is 1. The van der Waals surface area contributed by atoms with Gasteiger partial charge in [-0.15, -0.1) is 0 Å². The van der Waals surface area contributed by atoms with Gasteiger partial charge in [0.2, 0.25) is 0 Å². The fourth-order valence-corrected chi connectivity index (χ4v) is 4.23. The van der Waals surface area contributed by atoms with Crippen molar-refractivity contribution in [1.82, 2.24) is 5.32 Å². The van der Waals surface area contributed by atoms with Crippen molar-refractivity contribution in [3.05, 3.63) is 29.8 Å². The lowest BCUT2D eigenvalue weighted by Crippen LogP contribution is -2.49. The van der Waals surface area contributed by atoms with E-state index >= 15 is 0 Å². The van der Waals surface area contributed by atoms with Crippen molar-refractivity contribution >= 4 is 0 Å². The molecule has 2 fully saturated rings. The number of para-hydroxylation sites is 1. The summed E-state index contributed by atoms with van der Waals surface area (Å²) in [6, 6.07) is 9.95. The summed E-state index contributed by atoms with van der Waals surface area (Å²) >= 11 is 0. The van der Waals surface area contributed by atoms with Gasteiger partial charge in [-0.05, 0) is 61.5 Å². The lowest BCUT2D eigenvalue weighted by atomic mass is 9.73. The third-order valence-electron chi connectivity index (χ3n) is 5.60. The number of rotatable bonds is 4. The summed E-state index contributed by atoms with van der Waals surface area (Å²) in [6.45, 7) is 4.82. The Morgan fingerprint density at radius 1 is 1.05 bits per heavy atom. The Morgan fingerprint density at radius 2 is 1.81 bits per heavy atom. The van der Waals surface area contributed by atoms with Gasteiger partial charge >= 0.3 is 0 Å². The highest BCUT2D eigenvalue weighted by Gasteiger charge is 2.35. The number of benzene rings is 1. The third-order valence-corrected chi connectivity index (χ3v) is 5.60. The van der Waals surface area contributed by atoms with Crippen molar-refractivity contribution < 1.29 is 4.74 Å². The topological polar surface area (TPSA) is 21.3 Å². The van der Waals surface area contributed by atoms with Crippen molar-refractivity contribution in [2.75, 3.05) is 7.11 Å². The van der Waals surface area contributed by atoms with Gasteiger partial charge in [-0.25, -0.2) is 0 Å². The van der Waals surface area contributed by atoms with Crippen LogP contribution in [0.15, 0.2) is 24.3 Å². The summed E-state index contributed by atoms with van der Waals surface area (Å²) < 4.78 is 5.50. The summed E-state index contributed by atoms with van der Waals surface area (Å²) in [5, 5.41) is 3.92. The molecule has 1 N–H and O–H groups in total. The van der Waals surface area contributed by atoms with E-state index in [1.807, 2.05) is 0 Å². The van der Waals surface area contributed by atoms with E-state index in [0.29, 0.717) is 12.0 Å². The van der Waals surface area contributed by atoms with Crippen LogP contribution < -0.4 is 10.1 Å². The molecule has 3 rings (SSSR count). The second kappa shape index (κ2) is 6.39. The molecular formula is C19H29NO. The quantitative estimate of drug-likeness (QED) is 0.888. The average molecular weight is 287 g/mol. The van der Waals surface area contributed by atoms with Gasteiger partial charge in [0.15, 0.2) is 0 Å². The van der Waals surface area contributed by atoms with Crippen molar-refractivity contribution in [1.29, 1.82) is 0 Å². The van der Waals surface area contributed by atoms with Crippen LogP contribution in [0.1, 0.15) is 57.4 Å². The summed E-state index contributed by atoms with van der Waals surface area (Å²) in [5.74, 6) is 3.48. The van der Waals surface area contributed by atoms with Crippen LogP contribution in [-0.4, -0.2) is 19.2 Å². The predicted octanol–water partition coefficient (Wildman–Crippen LogP) is 4.36. The molecule has 2 aliphatic carbocycles. The molecule has 0 amide bonds. The molecule has 3 unspecified atom stereocenters. The summed E-state index contributed by atoms with van der Waals surface area (Å²) in [7, 11) is 1.78. The zero-order valence-corrected chi connectivity index (χ0v) is 13.6. The molecule has 0 spiro atoms. The van der Waals surface area contributed by atoms with Crippen LogP contribution in [0.4, 0.5) is 0 Å². The van der Waals surface area contributed by atoms with E-state index in [2.05, 4.69) is 43.4 Å². The predicted molar refractivity (Wildman–Crippen MR) is 87.9 cm³/mol. The summed E-state index contributed by atoms with van der Waals surface area (Å²) in [4.78, 5) is 0. The average Bonchev–Trinajstić information content (AvgIpc) is 2.44. The van der Waals surface area contributed by atoms with Crippen molar-refractivity contribution in [3.8, 4) is 5.75 Å². The molecular weight excluding hydrogens is 258 g/mol. The third kappa shape index (κ3) is 3.26. The smallest absolute Gasteiger partial charge is 0.122 e. The van der Waals surface area contributed by atoms with Crippen molar-refractivity contribution in [2.45, 2.75) is 64.0 Å². The van der Waals surface area contributed by atoms with E-state index < -0.39 is 0 Å². The molecule has 0 saturated heterocycles. The molecule has 2 saturated carbocycles. The van der Waals surface area contributed by atoms with Gasteiger partial charge in [0.05, 0.1) is 7.11 Å². The van der Waals surface area contributed by atoms with Crippen molar-refractivity contribution in [3.63, 3.8) is 0 Å². The lowest BCUT2D eigenvalue weighted by Gasteiger charge is -2.42. The van der Waals surface area contributed by atoms with E-state index in [1.165, 1.54) is 37.7 Å². The number of nitrogens with one attached hydrogen (secondary N) is 1. The SMILES string of the molecule is COc1ccccc1C1CC(NC2CCC(C)CC2C)C1.